The van der Waals surface area contributed by atoms with Crippen LogP contribution in [0, 0.1) is 17.6 Å². The molecule has 0 aliphatic carbocycles. The Bertz CT molecular complexity index is 739. The van der Waals surface area contributed by atoms with Crippen LogP contribution in [0.1, 0.15) is 15.9 Å². The molecule has 1 aliphatic rings. The van der Waals surface area contributed by atoms with Crippen LogP contribution < -0.4 is 5.32 Å². The minimum atomic E-state index is -0.871. The summed E-state index contributed by atoms with van der Waals surface area (Å²) in [6.07, 6.45) is 0. The minimum Gasteiger partial charge on any atom is -0.396 e. The molecule has 0 radical (unpaired) electrons. The number of nitrogens with one attached hydrogen (secondary N) is 1. The predicted molar refractivity (Wildman–Crippen MR) is 89.9 cm³/mol. The van der Waals surface area contributed by atoms with Crippen molar-refractivity contribution >= 4 is 5.91 Å². The summed E-state index contributed by atoms with van der Waals surface area (Å²) in [5.41, 5.74) is 1.23. The van der Waals surface area contributed by atoms with Crippen molar-refractivity contribution in [1.82, 2.24) is 10.2 Å². The minimum absolute atomic E-state index is 0.0476. The quantitative estimate of drug-likeness (QED) is 0.873. The van der Waals surface area contributed by atoms with Crippen LogP contribution in [0.5, 0.6) is 0 Å². The number of benzene rings is 2. The number of amides is 1. The van der Waals surface area contributed by atoms with Crippen LogP contribution in [-0.2, 0) is 6.54 Å². The fraction of sp³-hybridized carbons (Fsp3) is 0.316. The topological polar surface area (TPSA) is 52.6 Å². The van der Waals surface area contributed by atoms with Crippen LogP contribution in [0.3, 0.4) is 0 Å². The number of rotatable bonds is 5. The van der Waals surface area contributed by atoms with Gasteiger partial charge in [0.1, 0.15) is 0 Å². The van der Waals surface area contributed by atoms with E-state index in [-0.39, 0.29) is 24.5 Å². The van der Waals surface area contributed by atoms with Crippen molar-refractivity contribution in [3.05, 3.63) is 71.3 Å². The Balaban J connectivity index is 1.63. The van der Waals surface area contributed by atoms with Crippen LogP contribution in [0.4, 0.5) is 8.78 Å². The normalized spacial score (nSPS) is 20.6. The van der Waals surface area contributed by atoms with Crippen LogP contribution in [0.25, 0.3) is 0 Å². The molecule has 3 rings (SSSR count). The summed E-state index contributed by atoms with van der Waals surface area (Å²) < 4.78 is 26.4. The van der Waals surface area contributed by atoms with E-state index in [9.17, 15) is 18.7 Å². The molecule has 25 heavy (non-hydrogen) atoms. The first-order valence-electron chi connectivity index (χ1n) is 8.20. The van der Waals surface area contributed by atoms with E-state index in [1.807, 2.05) is 11.0 Å². The average Bonchev–Trinajstić information content (AvgIpc) is 3.00. The molecule has 132 valence electrons. The van der Waals surface area contributed by atoms with Crippen LogP contribution >= 0.6 is 0 Å². The standard InChI is InChI=1S/C19H20F2N2O2/c20-16-7-6-13(8-17(16)21)9-23-10-15(12-24)18(11-23)22-19(25)14-4-2-1-3-5-14/h1-8,15,18,24H,9-12H2,(H,22,25). The van der Waals surface area contributed by atoms with Gasteiger partial charge in [-0.2, -0.15) is 0 Å². The largest absolute Gasteiger partial charge is 0.396 e. The van der Waals surface area contributed by atoms with Gasteiger partial charge in [0.05, 0.1) is 0 Å². The molecule has 1 fully saturated rings. The third-order valence-electron chi connectivity index (χ3n) is 4.49. The van der Waals surface area contributed by atoms with Crippen molar-refractivity contribution in [1.29, 1.82) is 0 Å². The number of hydrogen-bond acceptors (Lipinski definition) is 3. The average molecular weight is 346 g/mol. The van der Waals surface area contributed by atoms with E-state index in [2.05, 4.69) is 5.32 Å². The summed E-state index contributed by atoms with van der Waals surface area (Å²) in [5, 5.41) is 12.6. The van der Waals surface area contributed by atoms with Gasteiger partial charge in [-0.25, -0.2) is 8.78 Å². The highest BCUT2D eigenvalue weighted by Crippen LogP contribution is 2.20. The second-order valence-corrected chi connectivity index (χ2v) is 6.33. The fourth-order valence-electron chi connectivity index (χ4n) is 3.18. The summed E-state index contributed by atoms with van der Waals surface area (Å²) in [4.78, 5) is 14.3. The number of aliphatic hydroxyl groups excluding tert-OH is 1. The monoisotopic (exact) mass is 346 g/mol. The molecule has 2 aromatic rings. The first-order chi connectivity index (χ1) is 12.1. The molecule has 0 spiro atoms. The molecule has 2 aromatic carbocycles. The first-order valence-corrected chi connectivity index (χ1v) is 8.20. The number of halogens is 2. The number of nitrogens with zero attached hydrogens (tertiary/aromatic N) is 1. The Labute approximate surface area is 145 Å². The molecule has 2 atom stereocenters. The maximum Gasteiger partial charge on any atom is 0.251 e. The Hall–Kier alpha value is -2.31. The summed E-state index contributed by atoms with van der Waals surface area (Å²) in [5.74, 6) is -2.02. The van der Waals surface area contributed by atoms with Gasteiger partial charge in [-0.15, -0.1) is 0 Å². The van der Waals surface area contributed by atoms with Crippen molar-refractivity contribution in [2.45, 2.75) is 12.6 Å². The Morgan fingerprint density at radius 1 is 1.12 bits per heavy atom. The fourth-order valence-corrected chi connectivity index (χ4v) is 3.18. The third-order valence-corrected chi connectivity index (χ3v) is 4.49. The third kappa shape index (κ3) is 4.21. The summed E-state index contributed by atoms with van der Waals surface area (Å²) in [6.45, 7) is 1.51. The molecule has 2 unspecified atom stereocenters. The van der Waals surface area contributed by atoms with Crippen molar-refractivity contribution in [3.63, 3.8) is 0 Å². The lowest BCUT2D eigenvalue weighted by Crippen LogP contribution is -2.41. The summed E-state index contributed by atoms with van der Waals surface area (Å²) in [7, 11) is 0. The van der Waals surface area contributed by atoms with Gasteiger partial charge >= 0.3 is 0 Å². The highest BCUT2D eigenvalue weighted by Gasteiger charge is 2.33. The lowest BCUT2D eigenvalue weighted by Gasteiger charge is -2.18. The van der Waals surface area contributed by atoms with E-state index in [1.165, 1.54) is 6.07 Å². The molecule has 1 aliphatic heterocycles. The number of hydrogen-bond donors (Lipinski definition) is 2. The van der Waals surface area contributed by atoms with E-state index in [0.717, 1.165) is 6.07 Å². The molecular formula is C19H20F2N2O2. The van der Waals surface area contributed by atoms with Gasteiger partial charge in [0.2, 0.25) is 0 Å². The van der Waals surface area contributed by atoms with Gasteiger partial charge in [0, 0.05) is 43.8 Å². The van der Waals surface area contributed by atoms with Crippen molar-refractivity contribution in [2.75, 3.05) is 19.7 Å². The molecular weight excluding hydrogens is 326 g/mol. The lowest BCUT2D eigenvalue weighted by atomic mass is 10.0. The Morgan fingerprint density at radius 2 is 1.88 bits per heavy atom. The molecule has 2 N–H and O–H groups in total. The second-order valence-electron chi connectivity index (χ2n) is 6.33. The zero-order valence-corrected chi connectivity index (χ0v) is 13.7. The van der Waals surface area contributed by atoms with Crippen LogP contribution in [0.2, 0.25) is 0 Å². The lowest BCUT2D eigenvalue weighted by molar-refractivity contribution is 0.0921. The molecule has 0 saturated carbocycles. The predicted octanol–water partition coefficient (Wildman–Crippen LogP) is 2.19. The van der Waals surface area contributed by atoms with Crippen molar-refractivity contribution in [3.8, 4) is 0 Å². The molecule has 0 bridgehead atoms. The highest BCUT2D eigenvalue weighted by atomic mass is 19.2. The second kappa shape index (κ2) is 7.72. The molecule has 1 heterocycles. The maximum absolute atomic E-state index is 13.3. The number of likely N-dealkylation sites (tertiary alicyclic amines) is 1. The maximum atomic E-state index is 13.3. The zero-order valence-electron chi connectivity index (χ0n) is 13.7. The van der Waals surface area contributed by atoms with Crippen LogP contribution in [-0.4, -0.2) is 41.7 Å². The van der Waals surface area contributed by atoms with E-state index >= 15 is 0 Å². The number of carbonyl (C=O) groups is 1. The van der Waals surface area contributed by atoms with E-state index in [1.54, 1.807) is 30.3 Å². The first kappa shape index (κ1) is 17.5. The van der Waals surface area contributed by atoms with Crippen LogP contribution in [0.15, 0.2) is 48.5 Å². The van der Waals surface area contributed by atoms with Gasteiger partial charge in [-0.3, -0.25) is 9.69 Å². The van der Waals surface area contributed by atoms with Gasteiger partial charge in [-0.1, -0.05) is 24.3 Å². The molecule has 1 amide bonds. The number of carbonyl (C=O) groups excluding carboxylic acids is 1. The van der Waals surface area contributed by atoms with E-state index in [4.69, 9.17) is 0 Å². The molecule has 1 saturated heterocycles. The van der Waals surface area contributed by atoms with E-state index < -0.39 is 11.6 Å². The van der Waals surface area contributed by atoms with Gasteiger partial charge in [0.15, 0.2) is 11.6 Å². The van der Waals surface area contributed by atoms with E-state index in [0.29, 0.717) is 30.8 Å². The number of aliphatic hydroxyl groups is 1. The van der Waals surface area contributed by atoms with Gasteiger partial charge in [-0.05, 0) is 29.8 Å². The molecule has 4 nitrogen and oxygen atoms in total. The van der Waals surface area contributed by atoms with Crippen molar-refractivity contribution < 1.29 is 18.7 Å². The van der Waals surface area contributed by atoms with Gasteiger partial charge in [0.25, 0.3) is 5.91 Å². The van der Waals surface area contributed by atoms with Crippen molar-refractivity contribution in [2.24, 2.45) is 5.92 Å². The smallest absolute Gasteiger partial charge is 0.251 e. The summed E-state index contributed by atoms with van der Waals surface area (Å²) in [6, 6.07) is 12.5. The van der Waals surface area contributed by atoms with Gasteiger partial charge < -0.3 is 10.4 Å². The Morgan fingerprint density at radius 3 is 2.56 bits per heavy atom. The molecule has 0 aromatic heterocycles. The Kier molecular flexibility index (Phi) is 5.40. The summed E-state index contributed by atoms with van der Waals surface area (Å²) >= 11 is 0. The highest BCUT2D eigenvalue weighted by molar-refractivity contribution is 5.94. The SMILES string of the molecule is O=C(NC1CN(Cc2ccc(F)c(F)c2)CC1CO)c1ccccc1. The molecule has 6 heteroatoms. The zero-order chi connectivity index (χ0) is 17.8.